The van der Waals surface area contributed by atoms with Gasteiger partial charge in [0.1, 0.15) is 5.52 Å². The van der Waals surface area contributed by atoms with E-state index in [0.29, 0.717) is 10.0 Å². The van der Waals surface area contributed by atoms with Crippen LogP contribution in [0.1, 0.15) is 5.69 Å². The lowest BCUT2D eigenvalue weighted by molar-refractivity contribution is 0.495. The molecule has 0 spiro atoms. The Labute approximate surface area is 142 Å². The maximum atomic E-state index is 6.34. The molecular formula is C16H11Cl2N5. The van der Waals surface area contributed by atoms with Crippen LogP contribution in [-0.2, 0) is 0 Å². The van der Waals surface area contributed by atoms with Gasteiger partial charge < -0.3 is 0 Å². The minimum atomic E-state index is 0.594. The predicted molar refractivity (Wildman–Crippen MR) is 90.7 cm³/mol. The number of hydrogen-bond donors (Lipinski definition) is 0. The average Bonchev–Trinajstić information content (AvgIpc) is 3.13. The van der Waals surface area contributed by atoms with Crippen LogP contribution in [-0.4, -0.2) is 25.0 Å². The van der Waals surface area contributed by atoms with Gasteiger partial charge in [-0.25, -0.2) is 0 Å². The first-order valence-electron chi connectivity index (χ1n) is 6.95. The van der Waals surface area contributed by atoms with Crippen molar-refractivity contribution >= 4 is 34.1 Å². The second-order valence-corrected chi connectivity index (χ2v) is 6.04. The van der Waals surface area contributed by atoms with Crippen molar-refractivity contribution in [3.8, 4) is 11.1 Å². The summed E-state index contributed by atoms with van der Waals surface area (Å²) in [7, 11) is 0. The van der Waals surface area contributed by atoms with Crippen molar-refractivity contribution in [2.75, 3.05) is 0 Å². The van der Waals surface area contributed by atoms with E-state index in [-0.39, 0.29) is 0 Å². The Morgan fingerprint density at radius 3 is 2.57 bits per heavy atom. The normalized spacial score (nSPS) is 11.3. The summed E-state index contributed by atoms with van der Waals surface area (Å²) in [5, 5.41) is 14.8. The van der Waals surface area contributed by atoms with Gasteiger partial charge in [0.25, 0.3) is 0 Å². The van der Waals surface area contributed by atoms with Gasteiger partial charge in [-0.05, 0) is 24.3 Å². The molecule has 0 N–H and O–H groups in total. The van der Waals surface area contributed by atoms with Crippen molar-refractivity contribution in [3.05, 3.63) is 64.5 Å². The van der Waals surface area contributed by atoms with Crippen molar-refractivity contribution < 1.29 is 0 Å². The second kappa shape index (κ2) is 5.37. The fraction of sp³-hybridized carbons (Fsp3) is 0.0625. The number of fused-ring (bicyclic) bond motifs is 1. The lowest BCUT2D eigenvalue weighted by atomic mass is 10.0. The Kier molecular flexibility index (Phi) is 3.32. The first-order valence-corrected chi connectivity index (χ1v) is 7.71. The molecule has 4 rings (SSSR count). The summed E-state index contributed by atoms with van der Waals surface area (Å²) >= 11 is 12.3. The maximum absolute atomic E-state index is 6.34. The Balaban J connectivity index is 1.92. The Morgan fingerprint density at radius 2 is 1.83 bits per heavy atom. The van der Waals surface area contributed by atoms with Crippen LogP contribution >= 0.6 is 23.2 Å². The van der Waals surface area contributed by atoms with Crippen molar-refractivity contribution in [1.82, 2.24) is 25.0 Å². The molecule has 7 heteroatoms. The topological polar surface area (TPSA) is 48.5 Å². The van der Waals surface area contributed by atoms with Gasteiger partial charge in [0, 0.05) is 26.6 Å². The zero-order chi connectivity index (χ0) is 16.0. The predicted octanol–water partition coefficient (Wildman–Crippen LogP) is 4.22. The number of hydrogen-bond acceptors (Lipinski definition) is 3. The largest absolute Gasteiger partial charge is 0.156 e. The van der Waals surface area contributed by atoms with Crippen molar-refractivity contribution in [1.29, 1.82) is 0 Å². The third-order valence-corrected chi connectivity index (χ3v) is 4.10. The van der Waals surface area contributed by atoms with Crippen LogP contribution in [0.2, 0.25) is 10.0 Å². The highest BCUT2D eigenvalue weighted by molar-refractivity contribution is 6.36. The van der Waals surface area contributed by atoms with Gasteiger partial charge >= 0.3 is 0 Å². The Morgan fingerprint density at radius 1 is 0.957 bits per heavy atom. The number of benzene rings is 2. The summed E-state index contributed by atoms with van der Waals surface area (Å²) in [6.07, 6.45) is 3.71. The number of aromatic nitrogens is 5. The first kappa shape index (κ1) is 14.2. The standard InChI is InChI=1S/C16H11Cl2N5/c1-10-8-23(21-19-10)22-9-11-3-2-4-14(16(11)20-22)13-6-5-12(17)7-15(13)18/h2-9H,1H3. The quantitative estimate of drug-likeness (QED) is 0.547. The van der Waals surface area contributed by atoms with E-state index >= 15 is 0 Å². The van der Waals surface area contributed by atoms with E-state index in [0.717, 1.165) is 27.7 Å². The van der Waals surface area contributed by atoms with Gasteiger partial charge in [0.2, 0.25) is 0 Å². The van der Waals surface area contributed by atoms with E-state index in [2.05, 4.69) is 15.4 Å². The van der Waals surface area contributed by atoms with E-state index in [1.165, 1.54) is 0 Å². The fourth-order valence-corrected chi connectivity index (χ4v) is 3.01. The SMILES string of the molecule is Cc1cn(-n2cc3cccc(-c4ccc(Cl)cc4Cl)c3n2)nn1. The number of nitrogens with zero attached hydrogens (tertiary/aromatic N) is 5. The summed E-state index contributed by atoms with van der Waals surface area (Å²) in [4.78, 5) is 3.24. The minimum Gasteiger partial charge on any atom is -0.156 e. The summed E-state index contributed by atoms with van der Waals surface area (Å²) in [5.41, 5.74) is 3.50. The van der Waals surface area contributed by atoms with Crippen LogP contribution in [0.3, 0.4) is 0 Å². The molecule has 0 saturated carbocycles. The molecule has 0 saturated heterocycles. The minimum absolute atomic E-state index is 0.594. The molecule has 23 heavy (non-hydrogen) atoms. The highest BCUT2D eigenvalue weighted by atomic mass is 35.5. The molecular weight excluding hydrogens is 333 g/mol. The molecule has 0 fully saturated rings. The third kappa shape index (κ3) is 2.48. The Hall–Kier alpha value is -2.37. The maximum Gasteiger partial charge on any atom is 0.102 e. The van der Waals surface area contributed by atoms with Gasteiger partial charge in [0.15, 0.2) is 0 Å². The first-order chi connectivity index (χ1) is 11.1. The average molecular weight is 344 g/mol. The second-order valence-electron chi connectivity index (χ2n) is 5.20. The fourth-order valence-electron chi connectivity index (χ4n) is 2.50. The lowest BCUT2D eigenvalue weighted by Crippen LogP contribution is -2.10. The van der Waals surface area contributed by atoms with Crippen LogP contribution < -0.4 is 0 Å². The van der Waals surface area contributed by atoms with Crippen LogP contribution in [0.5, 0.6) is 0 Å². The zero-order valence-electron chi connectivity index (χ0n) is 12.1. The Bertz CT molecular complexity index is 1020. The summed E-state index contributed by atoms with van der Waals surface area (Å²) < 4.78 is 0. The third-order valence-electron chi connectivity index (χ3n) is 3.55. The molecule has 4 aromatic rings. The molecule has 0 atom stereocenters. The van der Waals surface area contributed by atoms with Crippen LogP contribution in [0, 0.1) is 6.92 Å². The molecule has 2 aromatic carbocycles. The molecule has 2 aromatic heterocycles. The molecule has 114 valence electrons. The number of halogens is 2. The van der Waals surface area contributed by atoms with E-state index in [9.17, 15) is 0 Å². The molecule has 0 amide bonds. The zero-order valence-corrected chi connectivity index (χ0v) is 13.6. The highest BCUT2D eigenvalue weighted by Crippen LogP contribution is 2.34. The van der Waals surface area contributed by atoms with Crippen molar-refractivity contribution in [2.24, 2.45) is 0 Å². The highest BCUT2D eigenvalue weighted by Gasteiger charge is 2.12. The van der Waals surface area contributed by atoms with Gasteiger partial charge in [-0.3, -0.25) is 0 Å². The number of rotatable bonds is 2. The van der Waals surface area contributed by atoms with E-state index in [1.54, 1.807) is 21.8 Å². The van der Waals surface area contributed by atoms with Crippen LogP contribution in [0.4, 0.5) is 0 Å². The molecule has 0 aliphatic heterocycles. The van der Waals surface area contributed by atoms with Gasteiger partial charge in [-0.1, -0.05) is 47.5 Å². The van der Waals surface area contributed by atoms with E-state index in [4.69, 9.17) is 23.2 Å². The molecule has 2 heterocycles. The number of aryl methyl sites for hydroxylation is 1. The molecule has 0 aliphatic rings. The summed E-state index contributed by atoms with van der Waals surface area (Å²) in [5.74, 6) is 0. The molecule has 0 bridgehead atoms. The van der Waals surface area contributed by atoms with Crippen molar-refractivity contribution in [3.63, 3.8) is 0 Å². The van der Waals surface area contributed by atoms with E-state index < -0.39 is 0 Å². The van der Waals surface area contributed by atoms with Gasteiger partial charge in [-0.15, -0.1) is 15.0 Å². The summed E-state index contributed by atoms with van der Waals surface area (Å²) in [6, 6.07) is 11.4. The van der Waals surface area contributed by atoms with E-state index in [1.807, 2.05) is 43.5 Å². The molecule has 0 unspecified atom stereocenters. The summed E-state index contributed by atoms with van der Waals surface area (Å²) in [6.45, 7) is 1.88. The van der Waals surface area contributed by atoms with Gasteiger partial charge in [-0.2, -0.15) is 4.79 Å². The lowest BCUT2D eigenvalue weighted by Gasteiger charge is -2.05. The molecule has 0 radical (unpaired) electrons. The van der Waals surface area contributed by atoms with Crippen LogP contribution in [0.25, 0.3) is 22.0 Å². The van der Waals surface area contributed by atoms with Crippen molar-refractivity contribution in [2.45, 2.75) is 6.92 Å². The smallest absolute Gasteiger partial charge is 0.102 e. The monoisotopic (exact) mass is 343 g/mol. The van der Waals surface area contributed by atoms with Gasteiger partial charge in [0.05, 0.1) is 18.1 Å². The molecule has 5 nitrogen and oxygen atoms in total. The molecule has 0 aliphatic carbocycles. The van der Waals surface area contributed by atoms with Crippen LogP contribution in [0.15, 0.2) is 48.8 Å².